The molecule has 5 nitrogen and oxygen atoms in total. The average Bonchev–Trinajstić information content (AvgIpc) is 2.97. The Bertz CT molecular complexity index is 936. The summed E-state index contributed by atoms with van der Waals surface area (Å²) in [4.78, 5) is 0. The molecule has 8 heteroatoms. The third-order valence-electron chi connectivity index (χ3n) is 3.24. The van der Waals surface area contributed by atoms with Gasteiger partial charge in [-0.2, -0.15) is 0 Å². The molecule has 0 aliphatic carbocycles. The van der Waals surface area contributed by atoms with Gasteiger partial charge in [0.2, 0.25) is 15.9 Å². The summed E-state index contributed by atoms with van der Waals surface area (Å²) in [7, 11) is -3.66. The Labute approximate surface area is 149 Å². The van der Waals surface area contributed by atoms with Gasteiger partial charge in [-0.1, -0.05) is 52.6 Å². The number of nitrogens with one attached hydrogen (secondary N) is 1. The first-order valence-electron chi connectivity index (χ1n) is 6.88. The first kappa shape index (κ1) is 16.8. The highest BCUT2D eigenvalue weighted by molar-refractivity contribution is 7.91. The fourth-order valence-corrected chi connectivity index (χ4v) is 3.51. The maximum atomic E-state index is 12.3. The monoisotopic (exact) mass is 382 g/mol. The lowest BCUT2D eigenvalue weighted by Gasteiger charge is -2.07. The zero-order valence-corrected chi connectivity index (χ0v) is 14.6. The molecule has 1 heterocycles. The molecular formula is C16H12Cl2N2O3S. The summed E-state index contributed by atoms with van der Waals surface area (Å²) in [6, 6.07) is 13.5. The van der Waals surface area contributed by atoms with Crippen LogP contribution in [0.5, 0.6) is 0 Å². The first-order chi connectivity index (χ1) is 11.4. The molecule has 0 amide bonds. The highest BCUT2D eigenvalue weighted by atomic mass is 35.5. The van der Waals surface area contributed by atoms with Crippen LogP contribution in [0.1, 0.15) is 5.56 Å². The van der Waals surface area contributed by atoms with E-state index in [2.05, 4.69) is 9.88 Å². The lowest BCUT2D eigenvalue weighted by atomic mass is 10.1. The Hall–Kier alpha value is -2.02. The number of hydrogen-bond acceptors (Lipinski definition) is 4. The summed E-state index contributed by atoms with van der Waals surface area (Å²) in [5, 5.41) is 4.80. The van der Waals surface area contributed by atoms with Crippen molar-refractivity contribution in [1.29, 1.82) is 0 Å². The topological polar surface area (TPSA) is 72.2 Å². The second-order valence-electron chi connectivity index (χ2n) is 5.06. The Morgan fingerprint density at radius 3 is 2.17 bits per heavy atom. The van der Waals surface area contributed by atoms with E-state index in [1.165, 1.54) is 6.20 Å². The fourth-order valence-electron chi connectivity index (χ4n) is 2.13. The van der Waals surface area contributed by atoms with E-state index in [1.807, 2.05) is 0 Å². The van der Waals surface area contributed by atoms with E-state index >= 15 is 0 Å². The number of nitrogens with zero attached hydrogens (tertiary/aromatic N) is 1. The minimum Gasteiger partial charge on any atom is -0.337 e. The fraction of sp³-hybridized carbons (Fsp3) is 0.0625. The van der Waals surface area contributed by atoms with Crippen molar-refractivity contribution >= 4 is 39.1 Å². The van der Waals surface area contributed by atoms with Crippen molar-refractivity contribution < 1.29 is 12.9 Å². The van der Waals surface area contributed by atoms with Crippen LogP contribution in [0.2, 0.25) is 10.0 Å². The van der Waals surface area contributed by atoms with Gasteiger partial charge in [-0.05, 0) is 35.4 Å². The van der Waals surface area contributed by atoms with E-state index in [0.717, 1.165) is 5.56 Å². The standard InChI is InChI=1S/C16H12Cl2N2O3S/c17-13-5-1-11(2-6-13)10-24(21,22)20-16-15(9-19-23-16)12-3-7-14(18)8-4-12/h1-9,20H,10H2. The molecule has 0 fully saturated rings. The molecule has 1 N–H and O–H groups in total. The Kier molecular flexibility index (Phi) is 4.80. The number of sulfonamides is 1. The van der Waals surface area contributed by atoms with Gasteiger partial charge in [0, 0.05) is 10.0 Å². The van der Waals surface area contributed by atoms with Crippen LogP contribution in [0, 0.1) is 0 Å². The molecule has 2 aromatic carbocycles. The number of hydrogen-bond donors (Lipinski definition) is 1. The summed E-state index contributed by atoms with van der Waals surface area (Å²) in [6.07, 6.45) is 1.45. The van der Waals surface area contributed by atoms with E-state index in [0.29, 0.717) is 21.2 Å². The van der Waals surface area contributed by atoms with E-state index < -0.39 is 10.0 Å². The zero-order chi connectivity index (χ0) is 17.2. The van der Waals surface area contributed by atoms with Crippen LogP contribution in [-0.4, -0.2) is 13.6 Å². The SMILES string of the molecule is O=S(=O)(Cc1ccc(Cl)cc1)Nc1oncc1-c1ccc(Cl)cc1. The van der Waals surface area contributed by atoms with E-state index in [-0.39, 0.29) is 11.6 Å². The lowest BCUT2D eigenvalue weighted by Crippen LogP contribution is -2.15. The predicted octanol–water partition coefficient (Wildman–Crippen LogP) is 4.59. The van der Waals surface area contributed by atoms with Crippen LogP contribution >= 0.6 is 23.2 Å². The first-order valence-corrected chi connectivity index (χ1v) is 9.29. The Balaban J connectivity index is 1.82. The van der Waals surface area contributed by atoms with Gasteiger partial charge in [0.25, 0.3) is 0 Å². The third-order valence-corrected chi connectivity index (χ3v) is 4.96. The lowest BCUT2D eigenvalue weighted by molar-refractivity contribution is 0.435. The largest absolute Gasteiger partial charge is 0.337 e. The molecule has 0 aliphatic rings. The van der Waals surface area contributed by atoms with Gasteiger partial charge >= 0.3 is 0 Å². The smallest absolute Gasteiger partial charge is 0.245 e. The molecule has 3 rings (SSSR count). The van der Waals surface area contributed by atoms with Crippen molar-refractivity contribution in [2.24, 2.45) is 0 Å². The van der Waals surface area contributed by atoms with Gasteiger partial charge in [0.15, 0.2) is 0 Å². The Morgan fingerprint density at radius 2 is 1.54 bits per heavy atom. The van der Waals surface area contributed by atoms with Gasteiger partial charge in [-0.3, -0.25) is 4.72 Å². The van der Waals surface area contributed by atoms with Gasteiger partial charge in [-0.15, -0.1) is 0 Å². The van der Waals surface area contributed by atoms with Crippen LogP contribution in [0.3, 0.4) is 0 Å². The van der Waals surface area contributed by atoms with Crippen LogP contribution in [0.25, 0.3) is 11.1 Å². The van der Waals surface area contributed by atoms with Gasteiger partial charge in [-0.25, -0.2) is 8.42 Å². The quantitative estimate of drug-likeness (QED) is 0.700. The second-order valence-corrected chi connectivity index (χ2v) is 7.66. The molecule has 0 saturated heterocycles. The van der Waals surface area contributed by atoms with Crippen molar-refractivity contribution in [3.05, 3.63) is 70.3 Å². The van der Waals surface area contributed by atoms with Crippen LogP contribution in [-0.2, 0) is 15.8 Å². The van der Waals surface area contributed by atoms with Gasteiger partial charge in [0.1, 0.15) is 0 Å². The van der Waals surface area contributed by atoms with Gasteiger partial charge in [0.05, 0.1) is 17.5 Å². The molecule has 3 aromatic rings. The minimum atomic E-state index is -3.66. The average molecular weight is 383 g/mol. The van der Waals surface area contributed by atoms with Crippen LogP contribution in [0.4, 0.5) is 5.88 Å². The maximum absolute atomic E-state index is 12.3. The summed E-state index contributed by atoms with van der Waals surface area (Å²) in [5.41, 5.74) is 1.88. The molecular weight excluding hydrogens is 371 g/mol. The molecule has 0 unspecified atom stereocenters. The van der Waals surface area contributed by atoms with E-state index in [9.17, 15) is 8.42 Å². The molecule has 0 saturated carbocycles. The van der Waals surface area contributed by atoms with Crippen molar-refractivity contribution in [3.8, 4) is 11.1 Å². The number of benzene rings is 2. The third kappa shape index (κ3) is 4.08. The molecule has 0 atom stereocenters. The molecule has 124 valence electrons. The summed E-state index contributed by atoms with van der Waals surface area (Å²) in [5.74, 6) is -0.142. The van der Waals surface area contributed by atoms with Crippen molar-refractivity contribution in [2.45, 2.75) is 5.75 Å². The molecule has 0 radical (unpaired) electrons. The van der Waals surface area contributed by atoms with Gasteiger partial charge < -0.3 is 4.52 Å². The van der Waals surface area contributed by atoms with Crippen molar-refractivity contribution in [3.63, 3.8) is 0 Å². The minimum absolute atomic E-state index is 0.0614. The molecule has 0 bridgehead atoms. The number of aromatic nitrogens is 1. The van der Waals surface area contributed by atoms with E-state index in [4.69, 9.17) is 27.7 Å². The Morgan fingerprint density at radius 1 is 0.958 bits per heavy atom. The summed E-state index contributed by atoms with van der Waals surface area (Å²) < 4.78 is 32.1. The molecule has 0 aliphatic heterocycles. The van der Waals surface area contributed by atoms with Crippen molar-refractivity contribution in [1.82, 2.24) is 5.16 Å². The molecule has 1 aromatic heterocycles. The van der Waals surface area contributed by atoms with Crippen LogP contribution < -0.4 is 4.72 Å². The summed E-state index contributed by atoms with van der Waals surface area (Å²) >= 11 is 11.7. The zero-order valence-electron chi connectivity index (χ0n) is 12.2. The normalized spacial score (nSPS) is 11.4. The van der Waals surface area contributed by atoms with Crippen molar-refractivity contribution in [2.75, 3.05) is 4.72 Å². The maximum Gasteiger partial charge on any atom is 0.245 e. The number of rotatable bonds is 5. The summed E-state index contributed by atoms with van der Waals surface area (Å²) in [6.45, 7) is 0. The highest BCUT2D eigenvalue weighted by Crippen LogP contribution is 2.29. The number of anilines is 1. The molecule has 0 spiro atoms. The molecule has 24 heavy (non-hydrogen) atoms. The predicted molar refractivity (Wildman–Crippen MR) is 94.6 cm³/mol. The second kappa shape index (κ2) is 6.84. The van der Waals surface area contributed by atoms with E-state index in [1.54, 1.807) is 48.5 Å². The highest BCUT2D eigenvalue weighted by Gasteiger charge is 2.18. The number of halogens is 2. The van der Waals surface area contributed by atoms with Crippen LogP contribution in [0.15, 0.2) is 59.3 Å².